The monoisotopic (exact) mass is 225 g/mol. The molecule has 0 saturated heterocycles. The summed E-state index contributed by atoms with van der Waals surface area (Å²) in [6, 6.07) is 4.37. The van der Waals surface area contributed by atoms with Crippen molar-refractivity contribution in [3.8, 4) is 0 Å². The molecule has 0 unspecified atom stereocenters. The van der Waals surface area contributed by atoms with Gasteiger partial charge in [-0.25, -0.2) is 4.39 Å². The number of carbonyl (C=O) groups is 1. The fourth-order valence-electron chi connectivity index (χ4n) is 1.51. The summed E-state index contributed by atoms with van der Waals surface area (Å²) in [6.45, 7) is 0. The molecule has 2 rings (SSSR count). The lowest BCUT2D eigenvalue weighted by molar-refractivity contribution is -0.122. The van der Waals surface area contributed by atoms with Crippen molar-refractivity contribution in [2.24, 2.45) is 5.92 Å². The van der Waals surface area contributed by atoms with E-state index in [4.69, 9.17) is 0 Å². The number of anilines is 1. The number of hydrogen-bond donors (Lipinski definition) is 2. The molecular formula is C11H12FNOS. The van der Waals surface area contributed by atoms with E-state index in [9.17, 15) is 9.18 Å². The first-order valence-corrected chi connectivity index (χ1v) is 5.41. The third-order valence-corrected chi connectivity index (χ3v) is 3.03. The van der Waals surface area contributed by atoms with Gasteiger partial charge in [-0.1, -0.05) is 6.42 Å². The zero-order valence-electron chi connectivity index (χ0n) is 8.16. The maximum atomic E-state index is 12.9. The molecule has 1 aromatic rings. The van der Waals surface area contributed by atoms with Crippen molar-refractivity contribution in [2.45, 2.75) is 24.2 Å². The van der Waals surface area contributed by atoms with Gasteiger partial charge >= 0.3 is 0 Å². The van der Waals surface area contributed by atoms with Crippen LogP contribution in [0.1, 0.15) is 19.3 Å². The van der Waals surface area contributed by atoms with Crippen molar-refractivity contribution in [3.05, 3.63) is 24.0 Å². The standard InChI is InChI=1S/C11H12FNOS/c12-9-5-4-8(6-10(9)15)13-11(14)7-2-1-3-7/h4-7,15H,1-3H2,(H,13,14). The zero-order valence-corrected chi connectivity index (χ0v) is 9.06. The first-order chi connectivity index (χ1) is 7.16. The zero-order chi connectivity index (χ0) is 10.8. The molecule has 0 heterocycles. The average Bonchev–Trinajstić information content (AvgIpc) is 2.08. The van der Waals surface area contributed by atoms with Gasteiger partial charge in [-0.15, -0.1) is 12.6 Å². The van der Waals surface area contributed by atoms with Gasteiger partial charge in [0.2, 0.25) is 5.91 Å². The number of carbonyl (C=O) groups excluding carboxylic acids is 1. The van der Waals surface area contributed by atoms with E-state index in [2.05, 4.69) is 17.9 Å². The molecule has 0 aliphatic heterocycles. The minimum absolute atomic E-state index is 0.0283. The number of thiol groups is 1. The van der Waals surface area contributed by atoms with Crippen LogP contribution in [0.25, 0.3) is 0 Å². The molecule has 1 aromatic carbocycles. The fourth-order valence-corrected chi connectivity index (χ4v) is 1.72. The van der Waals surface area contributed by atoms with Crippen LogP contribution in [0.2, 0.25) is 0 Å². The number of rotatable bonds is 2. The van der Waals surface area contributed by atoms with Gasteiger partial charge in [-0.05, 0) is 31.0 Å². The number of hydrogen-bond acceptors (Lipinski definition) is 2. The van der Waals surface area contributed by atoms with Crippen LogP contribution in [0.4, 0.5) is 10.1 Å². The maximum Gasteiger partial charge on any atom is 0.227 e. The highest BCUT2D eigenvalue weighted by atomic mass is 32.1. The Morgan fingerprint density at radius 2 is 2.20 bits per heavy atom. The van der Waals surface area contributed by atoms with Crippen molar-refractivity contribution >= 4 is 24.2 Å². The van der Waals surface area contributed by atoms with Crippen LogP contribution < -0.4 is 5.32 Å². The number of nitrogens with one attached hydrogen (secondary N) is 1. The van der Waals surface area contributed by atoms with Crippen LogP contribution in [0.15, 0.2) is 23.1 Å². The van der Waals surface area contributed by atoms with E-state index in [1.807, 2.05) is 0 Å². The predicted molar refractivity (Wildman–Crippen MR) is 59.6 cm³/mol. The summed E-state index contributed by atoms with van der Waals surface area (Å²) < 4.78 is 12.9. The summed E-state index contributed by atoms with van der Waals surface area (Å²) in [6.07, 6.45) is 3.04. The Labute approximate surface area is 93.3 Å². The highest BCUT2D eigenvalue weighted by Crippen LogP contribution is 2.28. The Morgan fingerprint density at radius 3 is 2.73 bits per heavy atom. The first-order valence-electron chi connectivity index (χ1n) is 4.96. The molecule has 0 spiro atoms. The van der Waals surface area contributed by atoms with Crippen molar-refractivity contribution in [3.63, 3.8) is 0 Å². The molecule has 0 atom stereocenters. The Morgan fingerprint density at radius 1 is 1.47 bits per heavy atom. The Kier molecular flexibility index (Phi) is 2.95. The molecule has 1 N–H and O–H groups in total. The Hall–Kier alpha value is -1.03. The summed E-state index contributed by atoms with van der Waals surface area (Å²) in [7, 11) is 0. The summed E-state index contributed by atoms with van der Waals surface area (Å²) in [5.41, 5.74) is 0.610. The summed E-state index contributed by atoms with van der Waals surface area (Å²) in [4.78, 5) is 11.8. The predicted octanol–water partition coefficient (Wildman–Crippen LogP) is 2.85. The first kappa shape index (κ1) is 10.5. The molecule has 1 aliphatic rings. The molecular weight excluding hydrogens is 213 g/mol. The quantitative estimate of drug-likeness (QED) is 0.744. The van der Waals surface area contributed by atoms with Crippen LogP contribution in [-0.4, -0.2) is 5.91 Å². The number of halogens is 1. The smallest absolute Gasteiger partial charge is 0.227 e. The maximum absolute atomic E-state index is 12.9. The SMILES string of the molecule is O=C(Nc1ccc(F)c(S)c1)C1CCC1. The largest absolute Gasteiger partial charge is 0.326 e. The molecule has 2 nitrogen and oxygen atoms in total. The normalized spacial score (nSPS) is 15.9. The van der Waals surface area contributed by atoms with Gasteiger partial charge in [-0.3, -0.25) is 4.79 Å². The van der Waals surface area contributed by atoms with Gasteiger partial charge in [0.05, 0.1) is 0 Å². The average molecular weight is 225 g/mol. The third kappa shape index (κ3) is 2.31. The fraction of sp³-hybridized carbons (Fsp3) is 0.364. The molecule has 0 aromatic heterocycles. The van der Waals surface area contributed by atoms with Gasteiger partial charge < -0.3 is 5.32 Å². The van der Waals surface area contributed by atoms with E-state index in [-0.39, 0.29) is 22.5 Å². The van der Waals surface area contributed by atoms with E-state index < -0.39 is 0 Å². The Bertz CT molecular complexity index is 390. The van der Waals surface area contributed by atoms with Crippen molar-refractivity contribution in [1.29, 1.82) is 0 Å². The van der Waals surface area contributed by atoms with Crippen LogP contribution in [0.5, 0.6) is 0 Å². The number of amides is 1. The molecule has 1 amide bonds. The summed E-state index contributed by atoms with van der Waals surface area (Å²) in [5, 5.41) is 2.76. The van der Waals surface area contributed by atoms with E-state index in [1.54, 1.807) is 6.07 Å². The molecule has 4 heteroatoms. The van der Waals surface area contributed by atoms with Gasteiger partial charge in [0, 0.05) is 16.5 Å². The van der Waals surface area contributed by atoms with Gasteiger partial charge in [0.15, 0.2) is 0 Å². The second-order valence-electron chi connectivity index (χ2n) is 3.78. The highest BCUT2D eigenvalue weighted by molar-refractivity contribution is 7.80. The molecule has 80 valence electrons. The molecule has 0 radical (unpaired) electrons. The summed E-state index contributed by atoms with van der Waals surface area (Å²) in [5.74, 6) is -0.209. The van der Waals surface area contributed by atoms with Crippen LogP contribution in [0, 0.1) is 11.7 Å². The molecule has 1 aliphatic carbocycles. The minimum atomic E-state index is -0.375. The minimum Gasteiger partial charge on any atom is -0.326 e. The van der Waals surface area contributed by atoms with Crippen molar-refractivity contribution < 1.29 is 9.18 Å². The van der Waals surface area contributed by atoms with E-state index >= 15 is 0 Å². The molecule has 15 heavy (non-hydrogen) atoms. The topological polar surface area (TPSA) is 29.1 Å². The van der Waals surface area contributed by atoms with Crippen LogP contribution in [-0.2, 0) is 4.79 Å². The lowest BCUT2D eigenvalue weighted by Crippen LogP contribution is -2.28. The lowest BCUT2D eigenvalue weighted by atomic mass is 9.85. The van der Waals surface area contributed by atoms with E-state index in [0.29, 0.717) is 5.69 Å². The van der Waals surface area contributed by atoms with Gasteiger partial charge in [0.1, 0.15) is 5.82 Å². The summed E-state index contributed by atoms with van der Waals surface area (Å²) >= 11 is 3.95. The molecule has 0 bridgehead atoms. The van der Waals surface area contributed by atoms with Gasteiger partial charge in [0.25, 0.3) is 0 Å². The van der Waals surface area contributed by atoms with Crippen molar-refractivity contribution in [2.75, 3.05) is 5.32 Å². The second-order valence-corrected chi connectivity index (χ2v) is 4.27. The third-order valence-electron chi connectivity index (χ3n) is 2.69. The van der Waals surface area contributed by atoms with Crippen molar-refractivity contribution in [1.82, 2.24) is 0 Å². The van der Waals surface area contributed by atoms with E-state index in [0.717, 1.165) is 19.3 Å². The van der Waals surface area contributed by atoms with Crippen LogP contribution >= 0.6 is 12.6 Å². The lowest BCUT2D eigenvalue weighted by Gasteiger charge is -2.24. The second kappa shape index (κ2) is 4.23. The Balaban J connectivity index is 2.03. The van der Waals surface area contributed by atoms with E-state index in [1.165, 1.54) is 12.1 Å². The molecule has 1 saturated carbocycles. The highest BCUT2D eigenvalue weighted by Gasteiger charge is 2.25. The number of benzene rings is 1. The van der Waals surface area contributed by atoms with Crippen LogP contribution in [0.3, 0.4) is 0 Å². The molecule has 1 fully saturated rings. The van der Waals surface area contributed by atoms with Gasteiger partial charge in [-0.2, -0.15) is 0 Å².